The number of carbonyl (C=O) groups excluding carboxylic acids is 1. The van der Waals surface area contributed by atoms with E-state index in [2.05, 4.69) is 5.32 Å². The van der Waals surface area contributed by atoms with Crippen molar-refractivity contribution < 1.29 is 14.7 Å². The third-order valence-corrected chi connectivity index (χ3v) is 3.32. The Morgan fingerprint density at radius 3 is 2.37 bits per heavy atom. The van der Waals surface area contributed by atoms with Crippen molar-refractivity contribution in [1.82, 2.24) is 10.2 Å². The van der Waals surface area contributed by atoms with E-state index in [0.29, 0.717) is 12.5 Å². The minimum Gasteiger partial charge on any atom is -0.480 e. The molecule has 0 bridgehead atoms. The van der Waals surface area contributed by atoms with Crippen LogP contribution in [0, 0.1) is 5.92 Å². The summed E-state index contributed by atoms with van der Waals surface area (Å²) in [4.78, 5) is 24.4. The molecule has 5 heteroatoms. The molecule has 1 aliphatic carbocycles. The van der Waals surface area contributed by atoms with Gasteiger partial charge in [-0.05, 0) is 18.8 Å². The second-order valence-corrected chi connectivity index (χ2v) is 5.86. The lowest BCUT2D eigenvalue weighted by Crippen LogP contribution is -2.45. The topological polar surface area (TPSA) is 69.6 Å². The van der Waals surface area contributed by atoms with Gasteiger partial charge in [-0.25, -0.2) is 0 Å². The number of carbonyl (C=O) groups is 2. The lowest BCUT2D eigenvalue weighted by atomic mass is 9.95. The molecule has 2 N–H and O–H groups in total. The number of carboxylic acids is 1. The zero-order valence-corrected chi connectivity index (χ0v) is 12.0. The molecule has 0 aromatic rings. The summed E-state index contributed by atoms with van der Waals surface area (Å²) in [5.74, 6) is -0.582. The van der Waals surface area contributed by atoms with Crippen molar-refractivity contribution in [2.75, 3.05) is 19.6 Å². The molecule has 1 fully saturated rings. The number of nitrogens with one attached hydrogen (secondary N) is 1. The van der Waals surface area contributed by atoms with Crippen LogP contribution in [0.1, 0.15) is 46.0 Å². The minimum absolute atomic E-state index is 0.0474. The van der Waals surface area contributed by atoms with Gasteiger partial charge in [0.2, 0.25) is 5.91 Å². The maximum absolute atomic E-state index is 11.9. The van der Waals surface area contributed by atoms with Crippen LogP contribution in [0.2, 0.25) is 0 Å². The van der Waals surface area contributed by atoms with E-state index in [9.17, 15) is 9.59 Å². The summed E-state index contributed by atoms with van der Waals surface area (Å²) >= 11 is 0. The summed E-state index contributed by atoms with van der Waals surface area (Å²) in [7, 11) is 0. The molecule has 5 nitrogen and oxygen atoms in total. The molecule has 0 aromatic carbocycles. The summed E-state index contributed by atoms with van der Waals surface area (Å²) in [5, 5.41) is 11.9. The molecule has 19 heavy (non-hydrogen) atoms. The van der Waals surface area contributed by atoms with Gasteiger partial charge in [0.05, 0.1) is 13.1 Å². The average Bonchev–Trinajstić information content (AvgIpc) is 2.27. The number of nitrogens with zero attached hydrogens (tertiary/aromatic N) is 1. The van der Waals surface area contributed by atoms with E-state index in [1.54, 1.807) is 4.90 Å². The molecule has 0 aromatic heterocycles. The number of amides is 1. The Balaban J connectivity index is 2.38. The lowest BCUT2D eigenvalue weighted by molar-refractivity contribution is -0.138. The van der Waals surface area contributed by atoms with Crippen molar-refractivity contribution in [2.45, 2.75) is 52.0 Å². The van der Waals surface area contributed by atoms with E-state index in [0.717, 1.165) is 12.8 Å². The summed E-state index contributed by atoms with van der Waals surface area (Å²) in [6.07, 6.45) is 5.71. The molecule has 0 aliphatic heterocycles. The van der Waals surface area contributed by atoms with E-state index in [4.69, 9.17) is 5.11 Å². The Bertz CT molecular complexity index is 299. The molecular formula is C14H26N2O3. The van der Waals surface area contributed by atoms with Crippen LogP contribution in [0.3, 0.4) is 0 Å². The van der Waals surface area contributed by atoms with Gasteiger partial charge in [0.25, 0.3) is 0 Å². The van der Waals surface area contributed by atoms with Gasteiger partial charge in [0.15, 0.2) is 0 Å². The third-order valence-electron chi connectivity index (χ3n) is 3.32. The van der Waals surface area contributed by atoms with Crippen molar-refractivity contribution >= 4 is 11.9 Å². The van der Waals surface area contributed by atoms with Crippen molar-refractivity contribution in [3.63, 3.8) is 0 Å². The third kappa shape index (κ3) is 7.15. The van der Waals surface area contributed by atoms with Gasteiger partial charge < -0.3 is 10.4 Å². The Kier molecular flexibility index (Phi) is 6.84. The highest BCUT2D eigenvalue weighted by molar-refractivity contribution is 5.79. The molecule has 1 aliphatic rings. The number of hydrogen-bond donors (Lipinski definition) is 2. The number of hydrogen-bond acceptors (Lipinski definition) is 3. The van der Waals surface area contributed by atoms with Gasteiger partial charge in [-0.3, -0.25) is 14.5 Å². The number of carboxylic acid groups (broad SMARTS) is 1. The lowest BCUT2D eigenvalue weighted by Gasteiger charge is -2.26. The Morgan fingerprint density at radius 2 is 1.84 bits per heavy atom. The average molecular weight is 270 g/mol. The van der Waals surface area contributed by atoms with Crippen LogP contribution in [-0.4, -0.2) is 47.6 Å². The molecule has 1 amide bonds. The molecule has 0 heterocycles. The van der Waals surface area contributed by atoms with Crippen LogP contribution >= 0.6 is 0 Å². The Hall–Kier alpha value is -1.10. The predicted molar refractivity (Wildman–Crippen MR) is 73.9 cm³/mol. The normalized spacial score (nSPS) is 16.8. The summed E-state index contributed by atoms with van der Waals surface area (Å²) in [6.45, 7) is 4.78. The molecule has 1 saturated carbocycles. The van der Waals surface area contributed by atoms with Crippen LogP contribution in [0.5, 0.6) is 0 Å². The highest BCUT2D eigenvalue weighted by Gasteiger charge is 2.19. The first-order valence-electron chi connectivity index (χ1n) is 7.21. The molecule has 0 atom stereocenters. The SMILES string of the molecule is CC(C)CN(CC(=O)O)CC(=O)NC1CCCCC1. The zero-order chi connectivity index (χ0) is 14.3. The predicted octanol–water partition coefficient (Wildman–Crippen LogP) is 1.48. The van der Waals surface area contributed by atoms with Crippen LogP contribution < -0.4 is 5.32 Å². The molecule has 1 rings (SSSR count). The number of rotatable bonds is 7. The van der Waals surface area contributed by atoms with E-state index < -0.39 is 5.97 Å². The first kappa shape index (κ1) is 16.0. The highest BCUT2D eigenvalue weighted by Crippen LogP contribution is 2.17. The quantitative estimate of drug-likeness (QED) is 0.735. The Morgan fingerprint density at radius 1 is 1.21 bits per heavy atom. The smallest absolute Gasteiger partial charge is 0.317 e. The maximum atomic E-state index is 11.9. The molecule has 110 valence electrons. The van der Waals surface area contributed by atoms with Gasteiger partial charge in [-0.1, -0.05) is 33.1 Å². The largest absolute Gasteiger partial charge is 0.480 e. The number of aliphatic carboxylic acids is 1. The molecule has 0 unspecified atom stereocenters. The first-order valence-corrected chi connectivity index (χ1v) is 7.21. The van der Waals surface area contributed by atoms with E-state index in [-0.39, 0.29) is 25.0 Å². The molecule has 0 saturated heterocycles. The van der Waals surface area contributed by atoms with Crippen LogP contribution in [0.25, 0.3) is 0 Å². The summed E-state index contributed by atoms with van der Waals surface area (Å²) in [6, 6.07) is 0.284. The fraction of sp³-hybridized carbons (Fsp3) is 0.857. The van der Waals surface area contributed by atoms with Gasteiger partial charge in [0.1, 0.15) is 0 Å². The van der Waals surface area contributed by atoms with Crippen molar-refractivity contribution in [3.05, 3.63) is 0 Å². The second-order valence-electron chi connectivity index (χ2n) is 5.86. The zero-order valence-electron chi connectivity index (χ0n) is 12.0. The first-order chi connectivity index (χ1) is 8.97. The molecule has 0 spiro atoms. The van der Waals surface area contributed by atoms with Crippen molar-refractivity contribution in [3.8, 4) is 0 Å². The van der Waals surface area contributed by atoms with Crippen LogP contribution in [0.15, 0.2) is 0 Å². The van der Waals surface area contributed by atoms with Gasteiger partial charge in [-0.2, -0.15) is 0 Å². The van der Waals surface area contributed by atoms with Crippen molar-refractivity contribution in [1.29, 1.82) is 0 Å². The molecular weight excluding hydrogens is 244 g/mol. The minimum atomic E-state index is -0.883. The standard InChI is InChI=1S/C14H26N2O3/c1-11(2)8-16(10-14(18)19)9-13(17)15-12-6-4-3-5-7-12/h11-12H,3-10H2,1-2H3,(H,15,17)(H,18,19). The van der Waals surface area contributed by atoms with Crippen LogP contribution in [0.4, 0.5) is 0 Å². The second kappa shape index (κ2) is 8.15. The van der Waals surface area contributed by atoms with Crippen molar-refractivity contribution in [2.24, 2.45) is 5.92 Å². The van der Waals surface area contributed by atoms with E-state index in [1.165, 1.54) is 19.3 Å². The Labute approximate surface area is 115 Å². The summed E-state index contributed by atoms with van der Waals surface area (Å²) < 4.78 is 0. The van der Waals surface area contributed by atoms with Gasteiger partial charge in [0, 0.05) is 12.6 Å². The monoisotopic (exact) mass is 270 g/mol. The van der Waals surface area contributed by atoms with Gasteiger partial charge >= 0.3 is 5.97 Å². The fourth-order valence-corrected chi connectivity index (χ4v) is 2.62. The van der Waals surface area contributed by atoms with E-state index >= 15 is 0 Å². The van der Waals surface area contributed by atoms with Crippen LogP contribution in [-0.2, 0) is 9.59 Å². The maximum Gasteiger partial charge on any atom is 0.317 e. The fourth-order valence-electron chi connectivity index (χ4n) is 2.62. The molecule has 0 radical (unpaired) electrons. The van der Waals surface area contributed by atoms with E-state index in [1.807, 2.05) is 13.8 Å². The highest BCUT2D eigenvalue weighted by atomic mass is 16.4. The summed E-state index contributed by atoms with van der Waals surface area (Å²) in [5.41, 5.74) is 0. The van der Waals surface area contributed by atoms with Gasteiger partial charge in [-0.15, -0.1) is 0 Å².